The van der Waals surface area contributed by atoms with Crippen molar-refractivity contribution in [3.05, 3.63) is 35.6 Å². The lowest BCUT2D eigenvalue weighted by Gasteiger charge is -2.36. The fourth-order valence-corrected chi connectivity index (χ4v) is 4.00. The molecule has 4 heteroatoms. The van der Waals surface area contributed by atoms with Gasteiger partial charge in [-0.05, 0) is 69.8 Å². The fraction of sp³-hybridized carbons (Fsp3) is 0.667. The zero-order valence-corrected chi connectivity index (χ0v) is 13.3. The van der Waals surface area contributed by atoms with Crippen LogP contribution in [0, 0.1) is 5.82 Å². The smallest absolute Gasteiger partial charge is 0.123 e. The highest BCUT2D eigenvalue weighted by molar-refractivity contribution is 5.18. The molecule has 1 aromatic carbocycles. The van der Waals surface area contributed by atoms with Crippen LogP contribution in [0.1, 0.15) is 50.7 Å². The van der Waals surface area contributed by atoms with Gasteiger partial charge in [-0.15, -0.1) is 0 Å². The van der Waals surface area contributed by atoms with E-state index in [0.717, 1.165) is 11.6 Å². The van der Waals surface area contributed by atoms with Gasteiger partial charge in [0, 0.05) is 18.1 Å². The quantitative estimate of drug-likeness (QED) is 0.878. The first-order chi connectivity index (χ1) is 10.6. The Morgan fingerprint density at radius 1 is 1.27 bits per heavy atom. The van der Waals surface area contributed by atoms with Crippen LogP contribution in [0.2, 0.25) is 0 Å². The third kappa shape index (κ3) is 3.86. The SMILES string of the molecule is CC(CC(O)c1ccc(F)cc1)NC1CCN2CCCC2C1. The van der Waals surface area contributed by atoms with E-state index in [2.05, 4.69) is 17.1 Å². The highest BCUT2D eigenvalue weighted by atomic mass is 19.1. The standard InChI is InChI=1S/C18H27FN2O/c1-13(11-18(22)14-4-6-15(19)7-5-14)20-16-8-10-21-9-2-3-17(21)12-16/h4-7,13,16-18,20,22H,2-3,8-12H2,1H3. The van der Waals surface area contributed by atoms with Gasteiger partial charge in [0.15, 0.2) is 0 Å². The van der Waals surface area contributed by atoms with Crippen LogP contribution in [0.25, 0.3) is 0 Å². The van der Waals surface area contributed by atoms with Crippen molar-refractivity contribution in [1.82, 2.24) is 10.2 Å². The topological polar surface area (TPSA) is 35.5 Å². The van der Waals surface area contributed by atoms with Gasteiger partial charge < -0.3 is 15.3 Å². The number of nitrogens with zero attached hydrogens (tertiary/aromatic N) is 1. The summed E-state index contributed by atoms with van der Waals surface area (Å²) < 4.78 is 12.9. The molecule has 0 radical (unpaired) electrons. The Balaban J connectivity index is 1.47. The molecule has 0 aliphatic carbocycles. The summed E-state index contributed by atoms with van der Waals surface area (Å²) in [7, 11) is 0. The van der Waals surface area contributed by atoms with Gasteiger partial charge in [-0.25, -0.2) is 4.39 Å². The van der Waals surface area contributed by atoms with Gasteiger partial charge in [-0.3, -0.25) is 0 Å². The summed E-state index contributed by atoms with van der Waals surface area (Å²) >= 11 is 0. The van der Waals surface area contributed by atoms with Crippen molar-refractivity contribution >= 4 is 0 Å². The minimum Gasteiger partial charge on any atom is -0.388 e. The summed E-state index contributed by atoms with van der Waals surface area (Å²) in [5, 5.41) is 14.0. The summed E-state index contributed by atoms with van der Waals surface area (Å²) in [5.41, 5.74) is 0.792. The Morgan fingerprint density at radius 3 is 2.82 bits per heavy atom. The predicted octanol–water partition coefficient (Wildman–Crippen LogP) is 2.85. The molecule has 2 saturated heterocycles. The zero-order chi connectivity index (χ0) is 15.5. The Bertz CT molecular complexity index is 478. The van der Waals surface area contributed by atoms with Crippen LogP contribution < -0.4 is 5.32 Å². The normalized spacial score (nSPS) is 28.3. The van der Waals surface area contributed by atoms with E-state index in [4.69, 9.17) is 0 Å². The van der Waals surface area contributed by atoms with Crippen LogP contribution >= 0.6 is 0 Å². The first kappa shape index (κ1) is 15.9. The maximum atomic E-state index is 12.9. The molecule has 2 aliphatic heterocycles. The van der Waals surface area contributed by atoms with Gasteiger partial charge in [0.25, 0.3) is 0 Å². The summed E-state index contributed by atoms with van der Waals surface area (Å²) in [6.07, 6.45) is 5.25. The lowest BCUT2D eigenvalue weighted by molar-refractivity contribution is 0.133. The molecule has 3 rings (SSSR count). The van der Waals surface area contributed by atoms with E-state index in [1.54, 1.807) is 12.1 Å². The number of rotatable bonds is 5. The molecule has 4 atom stereocenters. The van der Waals surface area contributed by atoms with Gasteiger partial charge in [0.2, 0.25) is 0 Å². The Morgan fingerprint density at radius 2 is 2.05 bits per heavy atom. The first-order valence-corrected chi connectivity index (χ1v) is 8.55. The van der Waals surface area contributed by atoms with Crippen molar-refractivity contribution in [3.8, 4) is 0 Å². The van der Waals surface area contributed by atoms with Gasteiger partial charge >= 0.3 is 0 Å². The number of hydrogen-bond acceptors (Lipinski definition) is 3. The number of nitrogens with one attached hydrogen (secondary N) is 1. The second-order valence-electron chi connectivity index (χ2n) is 6.92. The highest BCUT2D eigenvalue weighted by Gasteiger charge is 2.32. The lowest BCUT2D eigenvalue weighted by atomic mass is 9.95. The van der Waals surface area contributed by atoms with Crippen LogP contribution in [-0.2, 0) is 0 Å². The molecule has 2 aliphatic rings. The first-order valence-electron chi connectivity index (χ1n) is 8.55. The van der Waals surface area contributed by atoms with E-state index in [0.29, 0.717) is 12.5 Å². The van der Waals surface area contributed by atoms with Gasteiger partial charge in [-0.2, -0.15) is 0 Å². The number of piperidine rings is 1. The monoisotopic (exact) mass is 306 g/mol. The molecule has 2 heterocycles. The van der Waals surface area contributed by atoms with E-state index in [9.17, 15) is 9.50 Å². The number of aliphatic hydroxyl groups is 1. The van der Waals surface area contributed by atoms with Gasteiger partial charge in [0.05, 0.1) is 6.10 Å². The second kappa shape index (κ2) is 7.07. The molecule has 0 saturated carbocycles. The molecule has 0 bridgehead atoms. The van der Waals surface area contributed by atoms with E-state index in [1.807, 2.05) is 0 Å². The number of fused-ring (bicyclic) bond motifs is 1. The molecule has 3 nitrogen and oxygen atoms in total. The van der Waals surface area contributed by atoms with Crippen LogP contribution in [-0.4, -0.2) is 41.2 Å². The molecule has 2 N–H and O–H groups in total. The van der Waals surface area contributed by atoms with Crippen molar-refractivity contribution < 1.29 is 9.50 Å². The number of benzene rings is 1. The number of aliphatic hydroxyl groups excluding tert-OH is 1. The summed E-state index contributed by atoms with van der Waals surface area (Å²) in [4.78, 5) is 2.62. The lowest BCUT2D eigenvalue weighted by Crippen LogP contribution is -2.48. The molecular formula is C18H27FN2O. The van der Waals surface area contributed by atoms with Crippen LogP contribution in [0.3, 0.4) is 0 Å². The Kier molecular flexibility index (Phi) is 5.11. The summed E-state index contributed by atoms with van der Waals surface area (Å²) in [5.74, 6) is -0.259. The highest BCUT2D eigenvalue weighted by Crippen LogP contribution is 2.27. The molecule has 0 spiro atoms. The average molecular weight is 306 g/mol. The third-order valence-electron chi connectivity index (χ3n) is 5.17. The van der Waals surface area contributed by atoms with E-state index >= 15 is 0 Å². The van der Waals surface area contributed by atoms with Crippen LogP contribution in [0.4, 0.5) is 4.39 Å². The Labute approximate surface area is 132 Å². The second-order valence-corrected chi connectivity index (χ2v) is 6.92. The maximum absolute atomic E-state index is 12.9. The van der Waals surface area contributed by atoms with E-state index < -0.39 is 6.10 Å². The van der Waals surface area contributed by atoms with Gasteiger partial charge in [-0.1, -0.05) is 12.1 Å². The van der Waals surface area contributed by atoms with E-state index in [1.165, 1.54) is 50.9 Å². The molecule has 4 unspecified atom stereocenters. The van der Waals surface area contributed by atoms with Crippen LogP contribution in [0.5, 0.6) is 0 Å². The third-order valence-corrected chi connectivity index (χ3v) is 5.17. The van der Waals surface area contributed by atoms with Crippen LogP contribution in [0.15, 0.2) is 24.3 Å². The number of halogens is 1. The summed E-state index contributed by atoms with van der Waals surface area (Å²) in [6.45, 7) is 4.61. The zero-order valence-electron chi connectivity index (χ0n) is 13.3. The van der Waals surface area contributed by atoms with Crippen molar-refractivity contribution in [3.63, 3.8) is 0 Å². The Hall–Kier alpha value is -0.970. The molecule has 0 aromatic heterocycles. The predicted molar refractivity (Wildman–Crippen MR) is 86.2 cm³/mol. The van der Waals surface area contributed by atoms with Gasteiger partial charge in [0.1, 0.15) is 5.82 Å². The molecule has 1 aromatic rings. The molecular weight excluding hydrogens is 279 g/mol. The largest absolute Gasteiger partial charge is 0.388 e. The fourth-order valence-electron chi connectivity index (χ4n) is 4.00. The maximum Gasteiger partial charge on any atom is 0.123 e. The van der Waals surface area contributed by atoms with Crippen molar-refractivity contribution in [2.45, 2.75) is 63.3 Å². The van der Waals surface area contributed by atoms with Crippen molar-refractivity contribution in [2.75, 3.05) is 13.1 Å². The number of hydrogen-bond donors (Lipinski definition) is 2. The molecule has 122 valence electrons. The van der Waals surface area contributed by atoms with E-state index in [-0.39, 0.29) is 11.9 Å². The van der Waals surface area contributed by atoms with Crippen molar-refractivity contribution in [2.24, 2.45) is 0 Å². The molecule has 0 amide bonds. The summed E-state index contributed by atoms with van der Waals surface area (Å²) in [6, 6.07) is 7.75. The average Bonchev–Trinajstić information content (AvgIpc) is 2.95. The molecule has 22 heavy (non-hydrogen) atoms. The molecule has 2 fully saturated rings. The minimum atomic E-state index is -0.533. The van der Waals surface area contributed by atoms with Crippen molar-refractivity contribution in [1.29, 1.82) is 0 Å². The minimum absolute atomic E-state index is 0.259.